The molecule has 1 aliphatic rings. The van der Waals surface area contributed by atoms with Gasteiger partial charge in [0.1, 0.15) is 5.60 Å². The molecule has 0 aromatic rings. The molecule has 0 aromatic heterocycles. The standard InChI is InChI=1S/C16H32N2O2/c1-15(2,3)20-14(19)18-11-16(4,5)13(17)12-9-7-6-8-10-12/h12-13H,6-11,17H2,1-5H3,(H,18,19). The van der Waals surface area contributed by atoms with Gasteiger partial charge in [0.05, 0.1) is 0 Å². The molecule has 1 rings (SSSR count). The third-order valence-corrected chi connectivity index (χ3v) is 4.15. The Labute approximate surface area is 123 Å². The van der Waals surface area contributed by atoms with E-state index < -0.39 is 5.60 Å². The highest BCUT2D eigenvalue weighted by atomic mass is 16.6. The molecule has 0 aromatic carbocycles. The molecule has 1 aliphatic carbocycles. The summed E-state index contributed by atoms with van der Waals surface area (Å²) in [6.45, 7) is 10.4. The van der Waals surface area contributed by atoms with Crippen LogP contribution < -0.4 is 11.1 Å². The van der Waals surface area contributed by atoms with Crippen molar-refractivity contribution in [3.63, 3.8) is 0 Å². The van der Waals surface area contributed by atoms with E-state index in [1.807, 2.05) is 20.8 Å². The van der Waals surface area contributed by atoms with Crippen LogP contribution in [0.2, 0.25) is 0 Å². The van der Waals surface area contributed by atoms with Gasteiger partial charge in [0.15, 0.2) is 0 Å². The molecule has 3 N–H and O–H groups in total. The van der Waals surface area contributed by atoms with Gasteiger partial charge >= 0.3 is 6.09 Å². The zero-order chi connectivity index (χ0) is 15.4. The van der Waals surface area contributed by atoms with Crippen LogP contribution in [0, 0.1) is 11.3 Å². The fraction of sp³-hybridized carbons (Fsp3) is 0.938. The van der Waals surface area contributed by atoms with Crippen molar-refractivity contribution in [2.75, 3.05) is 6.54 Å². The molecule has 0 spiro atoms. The molecule has 4 heteroatoms. The fourth-order valence-corrected chi connectivity index (χ4v) is 2.86. The summed E-state index contributed by atoms with van der Waals surface area (Å²) in [5.41, 5.74) is 5.88. The summed E-state index contributed by atoms with van der Waals surface area (Å²) in [5.74, 6) is 0.583. The van der Waals surface area contributed by atoms with Gasteiger partial charge in [-0.05, 0) is 44.9 Å². The van der Waals surface area contributed by atoms with Crippen molar-refractivity contribution in [3.8, 4) is 0 Å². The predicted molar refractivity (Wildman–Crippen MR) is 82.6 cm³/mol. The average Bonchev–Trinajstić information content (AvgIpc) is 2.35. The largest absolute Gasteiger partial charge is 0.444 e. The number of carbonyl (C=O) groups is 1. The highest BCUT2D eigenvalue weighted by Crippen LogP contribution is 2.33. The quantitative estimate of drug-likeness (QED) is 0.831. The highest BCUT2D eigenvalue weighted by molar-refractivity contribution is 5.67. The maximum absolute atomic E-state index is 11.7. The Morgan fingerprint density at radius 2 is 1.75 bits per heavy atom. The van der Waals surface area contributed by atoms with E-state index in [1.165, 1.54) is 32.1 Å². The number of nitrogens with two attached hydrogens (primary N) is 1. The molecule has 1 saturated carbocycles. The third kappa shape index (κ3) is 5.70. The van der Waals surface area contributed by atoms with E-state index in [0.29, 0.717) is 12.5 Å². The predicted octanol–water partition coefficient (Wildman–Crippen LogP) is 3.44. The number of rotatable bonds is 4. The normalized spacial score (nSPS) is 19.5. The number of nitrogens with one attached hydrogen (secondary N) is 1. The Bertz CT molecular complexity index is 315. The van der Waals surface area contributed by atoms with E-state index in [4.69, 9.17) is 10.5 Å². The lowest BCUT2D eigenvalue weighted by atomic mass is 9.72. The van der Waals surface area contributed by atoms with Crippen molar-refractivity contribution in [3.05, 3.63) is 0 Å². The van der Waals surface area contributed by atoms with Gasteiger partial charge in [-0.15, -0.1) is 0 Å². The van der Waals surface area contributed by atoms with E-state index in [-0.39, 0.29) is 17.6 Å². The fourth-order valence-electron chi connectivity index (χ4n) is 2.86. The molecule has 0 radical (unpaired) electrons. The van der Waals surface area contributed by atoms with Crippen LogP contribution in [-0.4, -0.2) is 24.3 Å². The van der Waals surface area contributed by atoms with Gasteiger partial charge in [-0.3, -0.25) is 0 Å². The summed E-state index contributed by atoms with van der Waals surface area (Å²) in [6.07, 6.45) is 5.98. The highest BCUT2D eigenvalue weighted by Gasteiger charge is 2.34. The Balaban J connectivity index is 2.45. The second kappa shape index (κ2) is 6.79. The van der Waals surface area contributed by atoms with Crippen molar-refractivity contribution < 1.29 is 9.53 Å². The summed E-state index contributed by atoms with van der Waals surface area (Å²) in [4.78, 5) is 11.7. The monoisotopic (exact) mass is 284 g/mol. The van der Waals surface area contributed by atoms with E-state index in [1.54, 1.807) is 0 Å². The average molecular weight is 284 g/mol. The molecule has 1 amide bonds. The van der Waals surface area contributed by atoms with Crippen LogP contribution in [0.15, 0.2) is 0 Å². The molecule has 1 atom stereocenters. The topological polar surface area (TPSA) is 64.3 Å². The van der Waals surface area contributed by atoms with Crippen LogP contribution in [-0.2, 0) is 4.74 Å². The Kier molecular flexibility index (Phi) is 5.87. The van der Waals surface area contributed by atoms with Gasteiger partial charge in [0.25, 0.3) is 0 Å². The van der Waals surface area contributed by atoms with Gasteiger partial charge < -0.3 is 15.8 Å². The molecule has 0 saturated heterocycles. The van der Waals surface area contributed by atoms with Crippen molar-refractivity contribution in [2.24, 2.45) is 17.1 Å². The minimum Gasteiger partial charge on any atom is -0.444 e. The molecule has 0 aliphatic heterocycles. The van der Waals surface area contributed by atoms with Gasteiger partial charge in [0, 0.05) is 12.6 Å². The van der Waals surface area contributed by atoms with Crippen molar-refractivity contribution in [1.29, 1.82) is 0 Å². The van der Waals surface area contributed by atoms with Crippen LogP contribution in [0.1, 0.15) is 66.7 Å². The summed E-state index contributed by atoms with van der Waals surface area (Å²) in [6, 6.07) is 0.123. The Morgan fingerprint density at radius 3 is 2.25 bits per heavy atom. The first-order chi connectivity index (χ1) is 9.12. The van der Waals surface area contributed by atoms with E-state index in [2.05, 4.69) is 19.2 Å². The lowest BCUT2D eigenvalue weighted by molar-refractivity contribution is 0.0490. The molecule has 118 valence electrons. The molecule has 4 nitrogen and oxygen atoms in total. The zero-order valence-electron chi connectivity index (χ0n) is 13.8. The van der Waals surface area contributed by atoms with Gasteiger partial charge in [-0.2, -0.15) is 0 Å². The summed E-state index contributed by atoms with van der Waals surface area (Å²) >= 11 is 0. The van der Waals surface area contributed by atoms with Gasteiger partial charge in [-0.25, -0.2) is 4.79 Å². The number of carbonyl (C=O) groups excluding carboxylic acids is 1. The Hall–Kier alpha value is -0.770. The van der Waals surface area contributed by atoms with E-state index in [0.717, 1.165) is 0 Å². The molecule has 20 heavy (non-hydrogen) atoms. The van der Waals surface area contributed by atoms with Crippen LogP contribution in [0.25, 0.3) is 0 Å². The number of amides is 1. The van der Waals surface area contributed by atoms with Crippen LogP contribution in [0.3, 0.4) is 0 Å². The molecular weight excluding hydrogens is 252 g/mol. The Morgan fingerprint density at radius 1 is 1.20 bits per heavy atom. The van der Waals surface area contributed by atoms with Crippen molar-refractivity contribution in [2.45, 2.75) is 78.4 Å². The van der Waals surface area contributed by atoms with Gasteiger partial charge in [-0.1, -0.05) is 33.1 Å². The minimum atomic E-state index is -0.459. The van der Waals surface area contributed by atoms with Gasteiger partial charge in [0.2, 0.25) is 0 Å². The second-order valence-electron chi connectivity index (χ2n) is 7.77. The first-order valence-electron chi connectivity index (χ1n) is 7.84. The maximum atomic E-state index is 11.7. The van der Waals surface area contributed by atoms with Crippen LogP contribution in [0.5, 0.6) is 0 Å². The lowest BCUT2D eigenvalue weighted by Crippen LogP contribution is -2.50. The lowest BCUT2D eigenvalue weighted by Gasteiger charge is -2.39. The zero-order valence-corrected chi connectivity index (χ0v) is 13.8. The minimum absolute atomic E-state index is 0.112. The maximum Gasteiger partial charge on any atom is 0.407 e. The number of hydrogen-bond acceptors (Lipinski definition) is 3. The SMILES string of the molecule is CC(C)(C)OC(=O)NCC(C)(C)C(N)C1CCCCC1. The summed E-state index contributed by atoms with van der Waals surface area (Å²) < 4.78 is 5.27. The smallest absolute Gasteiger partial charge is 0.407 e. The van der Waals surface area contributed by atoms with Crippen LogP contribution in [0.4, 0.5) is 4.79 Å². The molecule has 1 fully saturated rings. The number of hydrogen-bond donors (Lipinski definition) is 2. The molecular formula is C16H32N2O2. The van der Waals surface area contributed by atoms with Crippen LogP contribution >= 0.6 is 0 Å². The molecule has 1 unspecified atom stereocenters. The van der Waals surface area contributed by atoms with E-state index >= 15 is 0 Å². The summed E-state index contributed by atoms with van der Waals surface area (Å²) in [5, 5.41) is 2.86. The summed E-state index contributed by atoms with van der Waals surface area (Å²) in [7, 11) is 0. The molecule has 0 heterocycles. The second-order valence-corrected chi connectivity index (χ2v) is 7.77. The first-order valence-corrected chi connectivity index (χ1v) is 7.84. The number of alkyl carbamates (subject to hydrolysis) is 1. The van der Waals surface area contributed by atoms with E-state index in [9.17, 15) is 4.79 Å². The first kappa shape index (κ1) is 17.3. The van der Waals surface area contributed by atoms with Crippen molar-refractivity contribution >= 4 is 6.09 Å². The molecule has 0 bridgehead atoms. The van der Waals surface area contributed by atoms with Crippen molar-refractivity contribution in [1.82, 2.24) is 5.32 Å². The third-order valence-electron chi connectivity index (χ3n) is 4.15. The number of ether oxygens (including phenoxy) is 1.